The van der Waals surface area contributed by atoms with Crippen LogP contribution in [0.25, 0.3) is 0 Å². The van der Waals surface area contributed by atoms with E-state index in [0.29, 0.717) is 6.54 Å². The third-order valence-electron chi connectivity index (χ3n) is 5.55. The molecular weight excluding hydrogens is 368 g/mol. The average molecular weight is 392 g/mol. The van der Waals surface area contributed by atoms with Crippen LogP contribution in [0.1, 0.15) is 24.0 Å². The molecule has 2 aromatic rings. The van der Waals surface area contributed by atoms with Crippen molar-refractivity contribution >= 4 is 29.2 Å². The third-order valence-corrected chi connectivity index (χ3v) is 5.55. The van der Waals surface area contributed by atoms with Crippen LogP contribution >= 0.6 is 0 Å². The van der Waals surface area contributed by atoms with Crippen LogP contribution in [0.15, 0.2) is 48.5 Å². The molecule has 2 amide bonds. The molecule has 2 aliphatic heterocycles. The maximum atomic E-state index is 12.6. The van der Waals surface area contributed by atoms with Crippen molar-refractivity contribution in [3.8, 4) is 0 Å². The Balaban J connectivity index is 1.35. The van der Waals surface area contributed by atoms with E-state index < -0.39 is 11.9 Å². The third kappa shape index (κ3) is 4.01. The van der Waals surface area contributed by atoms with E-state index in [1.54, 1.807) is 9.80 Å². The Labute approximate surface area is 170 Å². The SMILES string of the molecule is Cc1ccc(N2CC(C(=O)OCC(=O)N3CCCc4ccccc43)CC2=O)cc1. The maximum Gasteiger partial charge on any atom is 0.311 e. The van der Waals surface area contributed by atoms with Crippen LogP contribution < -0.4 is 9.80 Å². The first-order chi connectivity index (χ1) is 14.0. The number of nitrogens with zero attached hydrogens (tertiary/aromatic N) is 2. The minimum Gasteiger partial charge on any atom is -0.455 e. The topological polar surface area (TPSA) is 66.9 Å². The Bertz CT molecular complexity index is 938. The van der Waals surface area contributed by atoms with Crippen LogP contribution in [0.5, 0.6) is 0 Å². The normalized spacial score (nSPS) is 18.5. The second kappa shape index (κ2) is 8.07. The number of carbonyl (C=O) groups is 3. The number of rotatable bonds is 4. The van der Waals surface area contributed by atoms with Crippen molar-refractivity contribution in [3.05, 3.63) is 59.7 Å². The summed E-state index contributed by atoms with van der Waals surface area (Å²) < 4.78 is 5.30. The lowest BCUT2D eigenvalue weighted by Gasteiger charge is -2.29. The van der Waals surface area contributed by atoms with Gasteiger partial charge in [0.05, 0.1) is 5.92 Å². The molecule has 6 heteroatoms. The Kier molecular flexibility index (Phi) is 5.34. The monoisotopic (exact) mass is 392 g/mol. The zero-order valence-corrected chi connectivity index (χ0v) is 16.5. The Hall–Kier alpha value is -3.15. The van der Waals surface area contributed by atoms with Crippen molar-refractivity contribution in [2.24, 2.45) is 5.92 Å². The molecule has 0 aromatic heterocycles. The molecule has 29 heavy (non-hydrogen) atoms. The van der Waals surface area contributed by atoms with Crippen LogP contribution in [0, 0.1) is 12.8 Å². The number of hydrogen-bond donors (Lipinski definition) is 0. The number of amides is 2. The summed E-state index contributed by atoms with van der Waals surface area (Å²) in [5.74, 6) is -1.38. The van der Waals surface area contributed by atoms with Crippen LogP contribution in [0.2, 0.25) is 0 Å². The van der Waals surface area contributed by atoms with Gasteiger partial charge in [0.2, 0.25) is 5.91 Å². The molecule has 4 rings (SSSR count). The zero-order chi connectivity index (χ0) is 20.4. The minimum absolute atomic E-state index is 0.105. The van der Waals surface area contributed by atoms with Crippen molar-refractivity contribution in [2.75, 3.05) is 29.5 Å². The van der Waals surface area contributed by atoms with Gasteiger partial charge in [-0.3, -0.25) is 14.4 Å². The fourth-order valence-corrected chi connectivity index (χ4v) is 3.96. The quantitative estimate of drug-likeness (QED) is 0.751. The Morgan fingerprint density at radius 3 is 2.66 bits per heavy atom. The van der Waals surface area contributed by atoms with Gasteiger partial charge in [-0.05, 0) is 43.5 Å². The number of fused-ring (bicyclic) bond motifs is 1. The fraction of sp³-hybridized carbons (Fsp3) is 0.348. The summed E-state index contributed by atoms with van der Waals surface area (Å²) >= 11 is 0. The minimum atomic E-state index is -0.551. The molecule has 2 aromatic carbocycles. The molecule has 6 nitrogen and oxygen atoms in total. The predicted octanol–water partition coefficient (Wildman–Crippen LogP) is 2.87. The van der Waals surface area contributed by atoms with Crippen LogP contribution in [-0.4, -0.2) is 37.5 Å². The Morgan fingerprint density at radius 1 is 1.10 bits per heavy atom. The van der Waals surface area contributed by atoms with Gasteiger partial charge >= 0.3 is 5.97 Å². The fourth-order valence-electron chi connectivity index (χ4n) is 3.96. The van der Waals surface area contributed by atoms with Gasteiger partial charge in [0, 0.05) is 30.9 Å². The summed E-state index contributed by atoms with van der Waals surface area (Å²) in [7, 11) is 0. The molecule has 1 fully saturated rings. The highest BCUT2D eigenvalue weighted by Gasteiger charge is 2.36. The highest BCUT2D eigenvalue weighted by Crippen LogP contribution is 2.28. The van der Waals surface area contributed by atoms with Crippen molar-refractivity contribution < 1.29 is 19.1 Å². The molecule has 0 saturated carbocycles. The number of carbonyl (C=O) groups excluding carboxylic acids is 3. The second-order valence-corrected chi connectivity index (χ2v) is 7.63. The van der Waals surface area contributed by atoms with Gasteiger partial charge in [-0.25, -0.2) is 0 Å². The molecule has 0 N–H and O–H groups in total. The van der Waals surface area contributed by atoms with E-state index in [1.165, 1.54) is 0 Å². The number of benzene rings is 2. The van der Waals surface area contributed by atoms with Crippen LogP contribution in [-0.2, 0) is 25.5 Å². The lowest BCUT2D eigenvalue weighted by Crippen LogP contribution is -2.39. The molecule has 0 radical (unpaired) electrons. The van der Waals surface area contributed by atoms with Crippen molar-refractivity contribution in [2.45, 2.75) is 26.2 Å². The number of ether oxygens (including phenoxy) is 1. The molecule has 0 spiro atoms. The van der Waals surface area contributed by atoms with Gasteiger partial charge in [-0.2, -0.15) is 0 Å². The predicted molar refractivity (Wildman–Crippen MR) is 110 cm³/mol. The highest BCUT2D eigenvalue weighted by molar-refractivity contribution is 6.00. The molecule has 2 aliphatic rings. The number of aryl methyl sites for hydroxylation is 2. The first-order valence-electron chi connectivity index (χ1n) is 9.95. The average Bonchev–Trinajstić information content (AvgIpc) is 3.13. The summed E-state index contributed by atoms with van der Waals surface area (Å²) in [6.07, 6.45) is 1.94. The lowest BCUT2D eigenvalue weighted by atomic mass is 10.0. The van der Waals surface area contributed by atoms with E-state index in [4.69, 9.17) is 4.74 Å². The lowest BCUT2D eigenvalue weighted by molar-refractivity contribution is -0.151. The Morgan fingerprint density at radius 2 is 1.86 bits per heavy atom. The molecule has 0 bridgehead atoms. The molecular formula is C23H24N2O4. The van der Waals surface area contributed by atoms with Crippen LogP contribution in [0.3, 0.4) is 0 Å². The van der Waals surface area contributed by atoms with Crippen molar-refractivity contribution in [1.82, 2.24) is 0 Å². The van der Waals surface area contributed by atoms with Gasteiger partial charge < -0.3 is 14.5 Å². The van der Waals surface area contributed by atoms with E-state index in [2.05, 4.69) is 0 Å². The van der Waals surface area contributed by atoms with Gasteiger partial charge in [0.25, 0.3) is 5.91 Å². The summed E-state index contributed by atoms with van der Waals surface area (Å²) in [5, 5.41) is 0. The largest absolute Gasteiger partial charge is 0.455 e. The molecule has 1 saturated heterocycles. The summed E-state index contributed by atoms with van der Waals surface area (Å²) in [4.78, 5) is 40.7. The van der Waals surface area contributed by atoms with E-state index in [0.717, 1.165) is 35.3 Å². The first-order valence-corrected chi connectivity index (χ1v) is 9.95. The van der Waals surface area contributed by atoms with Gasteiger partial charge in [0.1, 0.15) is 0 Å². The van der Waals surface area contributed by atoms with E-state index in [-0.39, 0.29) is 31.4 Å². The molecule has 1 atom stereocenters. The molecule has 1 unspecified atom stereocenters. The standard InChI is InChI=1S/C23H24N2O4/c1-16-8-10-19(11-9-16)25-14-18(13-21(25)26)23(28)29-15-22(27)24-12-4-6-17-5-2-3-7-20(17)24/h2-3,5,7-11,18H,4,6,12-15H2,1H3. The highest BCUT2D eigenvalue weighted by atomic mass is 16.5. The van der Waals surface area contributed by atoms with Gasteiger partial charge in [-0.15, -0.1) is 0 Å². The van der Waals surface area contributed by atoms with E-state index in [1.807, 2.05) is 55.5 Å². The number of esters is 1. The number of anilines is 2. The smallest absolute Gasteiger partial charge is 0.311 e. The van der Waals surface area contributed by atoms with E-state index in [9.17, 15) is 14.4 Å². The molecule has 150 valence electrons. The van der Waals surface area contributed by atoms with Gasteiger partial charge in [0.15, 0.2) is 6.61 Å². The molecule has 0 aliphatic carbocycles. The van der Waals surface area contributed by atoms with Gasteiger partial charge in [-0.1, -0.05) is 35.9 Å². The summed E-state index contributed by atoms with van der Waals surface area (Å²) in [6.45, 7) is 2.58. The van der Waals surface area contributed by atoms with Crippen molar-refractivity contribution in [1.29, 1.82) is 0 Å². The number of para-hydroxylation sites is 1. The molecule has 2 heterocycles. The summed E-state index contributed by atoms with van der Waals surface area (Å²) in [5.41, 5.74) is 3.90. The second-order valence-electron chi connectivity index (χ2n) is 7.63. The first kappa shape index (κ1) is 19.2. The van der Waals surface area contributed by atoms with E-state index >= 15 is 0 Å². The zero-order valence-electron chi connectivity index (χ0n) is 16.5. The van der Waals surface area contributed by atoms with Crippen molar-refractivity contribution in [3.63, 3.8) is 0 Å². The maximum absolute atomic E-state index is 12.6. The number of hydrogen-bond acceptors (Lipinski definition) is 4. The van der Waals surface area contributed by atoms with Crippen LogP contribution in [0.4, 0.5) is 11.4 Å². The summed E-state index contributed by atoms with van der Waals surface area (Å²) in [6, 6.07) is 15.4.